The van der Waals surface area contributed by atoms with E-state index >= 15 is 0 Å². The summed E-state index contributed by atoms with van der Waals surface area (Å²) in [6.45, 7) is 0. The predicted molar refractivity (Wildman–Crippen MR) is 68.1 cm³/mol. The zero-order valence-corrected chi connectivity index (χ0v) is 12.2. The third-order valence-electron chi connectivity index (χ3n) is 4.45. The first-order valence-electron chi connectivity index (χ1n) is 6.32. The number of rotatable bonds is 2. The molecule has 10 heteroatoms. The van der Waals surface area contributed by atoms with Gasteiger partial charge in [0.15, 0.2) is 0 Å². The van der Waals surface area contributed by atoms with Crippen LogP contribution in [-0.4, -0.2) is 58.9 Å². The van der Waals surface area contributed by atoms with Gasteiger partial charge in [-0.15, -0.1) is 0 Å². The van der Waals surface area contributed by atoms with Gasteiger partial charge in [-0.3, -0.25) is 9.11 Å². The van der Waals surface area contributed by atoms with Gasteiger partial charge in [0.2, 0.25) is 0 Å². The molecule has 0 aliphatic heterocycles. The fourth-order valence-electron chi connectivity index (χ4n) is 3.64. The Hall–Kier alpha value is -0.260. The van der Waals surface area contributed by atoms with Crippen molar-refractivity contribution >= 4 is 20.2 Å². The van der Waals surface area contributed by atoms with Gasteiger partial charge in [-0.1, -0.05) is 0 Å². The maximum atomic E-state index is 11.4. The first-order chi connectivity index (χ1) is 9.03. The van der Waals surface area contributed by atoms with Crippen molar-refractivity contribution < 1.29 is 36.2 Å². The van der Waals surface area contributed by atoms with Gasteiger partial charge in [-0.25, -0.2) is 0 Å². The average Bonchev–Trinajstić information content (AvgIpc) is 2.25. The maximum absolute atomic E-state index is 11.4. The Morgan fingerprint density at radius 2 is 1.00 bits per heavy atom. The van der Waals surface area contributed by atoms with E-state index in [0.717, 1.165) is 0 Å². The Morgan fingerprint density at radius 1 is 0.650 bits per heavy atom. The zero-order valence-electron chi connectivity index (χ0n) is 10.5. The van der Waals surface area contributed by atoms with E-state index in [4.69, 9.17) is 0 Å². The normalized spacial score (nSPS) is 43.0. The van der Waals surface area contributed by atoms with Crippen LogP contribution < -0.4 is 0 Å². The number of fused-ring (bicyclic) bond motifs is 1. The van der Waals surface area contributed by atoms with Crippen LogP contribution in [0.4, 0.5) is 0 Å². The van der Waals surface area contributed by atoms with E-state index in [1.165, 1.54) is 0 Å². The maximum Gasteiger partial charge on any atom is 0.268 e. The summed E-state index contributed by atoms with van der Waals surface area (Å²) in [6.07, 6.45) is -2.25. The first kappa shape index (κ1) is 16.1. The SMILES string of the molecule is O=S(=O)(O)C1CCC(O)C2C(O)CCC(S(=O)(=O)O)C21. The lowest BCUT2D eigenvalue weighted by Crippen LogP contribution is -2.57. The number of hydrogen-bond acceptors (Lipinski definition) is 6. The molecule has 0 heterocycles. The summed E-state index contributed by atoms with van der Waals surface area (Å²) in [7, 11) is -9.07. The van der Waals surface area contributed by atoms with E-state index in [2.05, 4.69) is 0 Å². The van der Waals surface area contributed by atoms with Gasteiger partial charge in [0, 0.05) is 11.8 Å². The molecule has 2 rings (SSSR count). The van der Waals surface area contributed by atoms with E-state index in [1.807, 2.05) is 0 Å². The van der Waals surface area contributed by atoms with Crippen LogP contribution in [0, 0.1) is 11.8 Å². The molecule has 2 saturated carbocycles. The average molecular weight is 330 g/mol. The van der Waals surface area contributed by atoms with Crippen LogP contribution in [0.15, 0.2) is 0 Å². The van der Waals surface area contributed by atoms with Gasteiger partial charge >= 0.3 is 0 Å². The second-order valence-corrected chi connectivity index (χ2v) is 8.82. The van der Waals surface area contributed by atoms with Crippen LogP contribution >= 0.6 is 0 Å². The molecule has 2 aliphatic rings. The topological polar surface area (TPSA) is 149 Å². The molecule has 2 aliphatic carbocycles. The standard InChI is InChI=1S/C10H18O8S2/c11-5-1-3-7(19(13,14)15)10-8(20(16,17)18)4-2-6(12)9(5)10/h5-12H,1-4H2,(H,13,14,15)(H,16,17,18). The Labute approximate surface area is 117 Å². The fraction of sp³-hybridized carbons (Fsp3) is 1.00. The van der Waals surface area contributed by atoms with Gasteiger partial charge in [0.1, 0.15) is 0 Å². The van der Waals surface area contributed by atoms with Crippen molar-refractivity contribution in [3.05, 3.63) is 0 Å². The van der Waals surface area contributed by atoms with Crippen molar-refractivity contribution in [2.45, 2.75) is 48.4 Å². The van der Waals surface area contributed by atoms with Crippen molar-refractivity contribution in [1.82, 2.24) is 0 Å². The van der Waals surface area contributed by atoms with Crippen molar-refractivity contribution in [3.8, 4) is 0 Å². The summed E-state index contributed by atoms with van der Waals surface area (Å²) < 4.78 is 64.3. The summed E-state index contributed by atoms with van der Waals surface area (Å²) in [5.74, 6) is -2.20. The lowest BCUT2D eigenvalue weighted by atomic mass is 9.67. The minimum atomic E-state index is -4.53. The highest BCUT2D eigenvalue weighted by Crippen LogP contribution is 2.45. The molecule has 4 atom stereocenters. The smallest absolute Gasteiger partial charge is 0.268 e. The minimum Gasteiger partial charge on any atom is -0.393 e. The summed E-state index contributed by atoms with van der Waals surface area (Å²) in [6, 6.07) is 0. The van der Waals surface area contributed by atoms with Gasteiger partial charge < -0.3 is 10.2 Å². The quantitative estimate of drug-likeness (QED) is 0.473. The molecule has 8 nitrogen and oxygen atoms in total. The Morgan fingerprint density at radius 3 is 1.30 bits per heavy atom. The molecule has 0 aromatic carbocycles. The molecule has 0 spiro atoms. The van der Waals surface area contributed by atoms with E-state index < -0.39 is 54.8 Å². The molecule has 0 aromatic rings. The first-order valence-corrected chi connectivity index (χ1v) is 9.33. The molecule has 0 amide bonds. The molecule has 0 saturated heterocycles. The third kappa shape index (κ3) is 2.85. The summed E-state index contributed by atoms with van der Waals surface area (Å²) in [4.78, 5) is 0. The molecular formula is C10H18O8S2. The Bertz CT molecular complexity index is 518. The number of aliphatic hydroxyl groups is 2. The van der Waals surface area contributed by atoms with Crippen molar-refractivity contribution in [1.29, 1.82) is 0 Å². The van der Waals surface area contributed by atoms with Gasteiger partial charge in [-0.05, 0) is 25.7 Å². The zero-order chi connectivity index (χ0) is 15.3. The molecule has 118 valence electrons. The second kappa shape index (κ2) is 5.18. The van der Waals surface area contributed by atoms with Crippen LogP contribution in [0.3, 0.4) is 0 Å². The highest BCUT2D eigenvalue weighted by atomic mass is 32.2. The van der Waals surface area contributed by atoms with Gasteiger partial charge in [-0.2, -0.15) is 16.8 Å². The molecule has 4 unspecified atom stereocenters. The Kier molecular flexibility index (Phi) is 4.17. The lowest BCUT2D eigenvalue weighted by molar-refractivity contribution is -0.0648. The summed E-state index contributed by atoms with van der Waals surface area (Å²) in [5, 5.41) is 17.0. The van der Waals surface area contributed by atoms with Gasteiger partial charge in [0.05, 0.1) is 22.7 Å². The third-order valence-corrected chi connectivity index (χ3v) is 7.08. The van der Waals surface area contributed by atoms with Gasteiger partial charge in [0.25, 0.3) is 20.2 Å². The summed E-state index contributed by atoms with van der Waals surface area (Å²) in [5.41, 5.74) is 0. The van der Waals surface area contributed by atoms with E-state index in [1.54, 1.807) is 0 Å². The van der Waals surface area contributed by atoms with E-state index in [0.29, 0.717) is 0 Å². The van der Waals surface area contributed by atoms with Crippen LogP contribution in [0.5, 0.6) is 0 Å². The molecule has 2 fully saturated rings. The molecule has 0 aromatic heterocycles. The van der Waals surface area contributed by atoms with Crippen molar-refractivity contribution in [2.24, 2.45) is 11.8 Å². The number of hydrogen-bond donors (Lipinski definition) is 4. The Balaban J connectivity index is 2.50. The highest BCUT2D eigenvalue weighted by Gasteiger charge is 2.55. The van der Waals surface area contributed by atoms with Crippen LogP contribution in [0.1, 0.15) is 25.7 Å². The minimum absolute atomic E-state index is 0.0425. The van der Waals surface area contributed by atoms with Crippen LogP contribution in [0.25, 0.3) is 0 Å². The lowest BCUT2D eigenvalue weighted by Gasteiger charge is -2.47. The van der Waals surface area contributed by atoms with Crippen molar-refractivity contribution in [2.75, 3.05) is 0 Å². The molecule has 0 bridgehead atoms. The second-order valence-electron chi connectivity index (χ2n) is 5.55. The van der Waals surface area contributed by atoms with Crippen LogP contribution in [0.2, 0.25) is 0 Å². The van der Waals surface area contributed by atoms with Crippen molar-refractivity contribution in [3.63, 3.8) is 0 Å². The van der Waals surface area contributed by atoms with E-state index in [9.17, 15) is 36.2 Å². The highest BCUT2D eigenvalue weighted by molar-refractivity contribution is 7.87. The largest absolute Gasteiger partial charge is 0.393 e. The van der Waals surface area contributed by atoms with Crippen LogP contribution in [-0.2, 0) is 20.2 Å². The molecule has 20 heavy (non-hydrogen) atoms. The summed E-state index contributed by atoms with van der Waals surface area (Å²) >= 11 is 0. The van der Waals surface area contributed by atoms with E-state index in [-0.39, 0.29) is 25.7 Å². The number of aliphatic hydroxyl groups excluding tert-OH is 2. The monoisotopic (exact) mass is 330 g/mol. The molecular weight excluding hydrogens is 312 g/mol. The predicted octanol–water partition coefficient (Wildman–Crippen LogP) is -0.959. The fourth-order valence-corrected chi connectivity index (χ4v) is 6.14. The molecule has 0 radical (unpaired) electrons. The molecule has 4 N–H and O–H groups in total.